The molecule has 2 unspecified atom stereocenters. The molecule has 2 rings (SSSR count). The van der Waals surface area contributed by atoms with Gasteiger partial charge in [0, 0.05) is 19.0 Å². The Labute approximate surface area is 73.0 Å². The van der Waals surface area contributed by atoms with Gasteiger partial charge in [-0.2, -0.15) is 0 Å². The molecule has 0 spiro atoms. The van der Waals surface area contributed by atoms with Crippen LogP contribution in [0.2, 0.25) is 0 Å². The number of rotatable bonds is 0. The van der Waals surface area contributed by atoms with Crippen molar-refractivity contribution in [2.75, 3.05) is 6.54 Å². The minimum atomic E-state index is 0.329. The van der Waals surface area contributed by atoms with E-state index in [0.29, 0.717) is 17.7 Å². The fraction of sp³-hybridized carbons (Fsp3) is 0.700. The first kappa shape index (κ1) is 7.99. The Morgan fingerprint density at radius 3 is 3.25 bits per heavy atom. The predicted octanol–water partition coefficient (Wildman–Crippen LogP) is 1.27. The SMILES string of the molecule is CC1CC2=CC(=O)CCC2CN1. The van der Waals surface area contributed by atoms with Gasteiger partial charge in [-0.15, -0.1) is 0 Å². The molecule has 2 heteroatoms. The summed E-state index contributed by atoms with van der Waals surface area (Å²) in [5.74, 6) is 0.981. The molecule has 1 fully saturated rings. The zero-order chi connectivity index (χ0) is 8.55. The quantitative estimate of drug-likeness (QED) is 0.585. The first-order chi connectivity index (χ1) is 5.75. The molecular formula is C10H15NO. The number of hydrogen-bond acceptors (Lipinski definition) is 2. The number of piperidine rings is 1. The summed E-state index contributed by atoms with van der Waals surface area (Å²) < 4.78 is 0. The lowest BCUT2D eigenvalue weighted by Crippen LogP contribution is -2.39. The maximum absolute atomic E-state index is 11.1. The zero-order valence-corrected chi connectivity index (χ0v) is 7.47. The molecule has 0 amide bonds. The van der Waals surface area contributed by atoms with E-state index in [4.69, 9.17) is 0 Å². The summed E-state index contributed by atoms with van der Waals surface area (Å²) in [5, 5.41) is 3.44. The van der Waals surface area contributed by atoms with Gasteiger partial charge in [0.25, 0.3) is 0 Å². The molecule has 1 aliphatic heterocycles. The molecule has 0 bridgehead atoms. The molecule has 0 saturated carbocycles. The molecule has 0 aromatic heterocycles. The van der Waals surface area contributed by atoms with E-state index in [1.165, 1.54) is 5.57 Å². The van der Waals surface area contributed by atoms with Crippen LogP contribution in [0.4, 0.5) is 0 Å². The maximum atomic E-state index is 11.1. The van der Waals surface area contributed by atoms with Gasteiger partial charge in [-0.05, 0) is 31.8 Å². The second-order valence-corrected chi connectivity index (χ2v) is 3.93. The van der Waals surface area contributed by atoms with Gasteiger partial charge in [0.1, 0.15) is 0 Å². The summed E-state index contributed by atoms with van der Waals surface area (Å²) in [7, 11) is 0. The van der Waals surface area contributed by atoms with Gasteiger partial charge in [0.05, 0.1) is 0 Å². The van der Waals surface area contributed by atoms with Gasteiger partial charge in [-0.1, -0.05) is 5.57 Å². The largest absolute Gasteiger partial charge is 0.313 e. The fourth-order valence-corrected chi connectivity index (χ4v) is 2.13. The van der Waals surface area contributed by atoms with E-state index in [0.717, 1.165) is 25.8 Å². The molecule has 1 saturated heterocycles. The number of hydrogen-bond donors (Lipinski definition) is 1. The minimum absolute atomic E-state index is 0.329. The molecule has 2 nitrogen and oxygen atoms in total. The highest BCUT2D eigenvalue weighted by atomic mass is 16.1. The lowest BCUT2D eigenvalue weighted by molar-refractivity contribution is -0.115. The Bertz CT molecular complexity index is 232. The highest BCUT2D eigenvalue weighted by molar-refractivity contribution is 5.91. The van der Waals surface area contributed by atoms with Crippen LogP contribution in [-0.4, -0.2) is 18.4 Å². The van der Waals surface area contributed by atoms with Crippen molar-refractivity contribution in [3.05, 3.63) is 11.6 Å². The first-order valence-corrected chi connectivity index (χ1v) is 4.72. The highest BCUT2D eigenvalue weighted by Gasteiger charge is 2.26. The predicted molar refractivity (Wildman–Crippen MR) is 47.9 cm³/mol. The summed E-state index contributed by atoms with van der Waals surface area (Å²) in [6.45, 7) is 3.25. The Morgan fingerprint density at radius 2 is 2.42 bits per heavy atom. The van der Waals surface area contributed by atoms with Crippen LogP contribution in [0.15, 0.2) is 11.6 Å². The molecule has 12 heavy (non-hydrogen) atoms. The first-order valence-electron chi connectivity index (χ1n) is 4.72. The van der Waals surface area contributed by atoms with Gasteiger partial charge in [-0.3, -0.25) is 4.79 Å². The summed E-state index contributed by atoms with van der Waals surface area (Å²) >= 11 is 0. The summed E-state index contributed by atoms with van der Waals surface area (Å²) in [4.78, 5) is 11.1. The normalized spacial score (nSPS) is 35.8. The molecule has 0 aromatic rings. The van der Waals surface area contributed by atoms with Crippen LogP contribution < -0.4 is 5.32 Å². The minimum Gasteiger partial charge on any atom is -0.313 e. The molecule has 2 aliphatic rings. The van der Waals surface area contributed by atoms with Crippen molar-refractivity contribution in [2.24, 2.45) is 5.92 Å². The van der Waals surface area contributed by atoms with Crippen LogP contribution in [-0.2, 0) is 4.79 Å². The van der Waals surface area contributed by atoms with Gasteiger partial charge < -0.3 is 5.32 Å². The van der Waals surface area contributed by atoms with E-state index in [2.05, 4.69) is 12.2 Å². The standard InChI is InChI=1S/C10H15NO/c1-7-4-9-5-10(12)3-2-8(9)6-11-7/h5,7-8,11H,2-4,6H2,1H3. The van der Waals surface area contributed by atoms with E-state index in [-0.39, 0.29) is 0 Å². The highest BCUT2D eigenvalue weighted by Crippen LogP contribution is 2.29. The fourth-order valence-electron chi connectivity index (χ4n) is 2.13. The number of carbonyl (C=O) groups excluding carboxylic acids is 1. The molecule has 0 radical (unpaired) electrons. The van der Waals surface area contributed by atoms with E-state index >= 15 is 0 Å². The van der Waals surface area contributed by atoms with Crippen molar-refractivity contribution in [3.8, 4) is 0 Å². The van der Waals surface area contributed by atoms with Crippen molar-refractivity contribution < 1.29 is 4.79 Å². The third kappa shape index (κ3) is 1.44. The van der Waals surface area contributed by atoms with Crippen LogP contribution in [0.25, 0.3) is 0 Å². The Hall–Kier alpha value is -0.630. The number of nitrogens with one attached hydrogen (secondary N) is 1. The molecule has 0 aromatic carbocycles. The van der Waals surface area contributed by atoms with E-state index in [1.54, 1.807) is 0 Å². The van der Waals surface area contributed by atoms with Crippen LogP contribution >= 0.6 is 0 Å². The molecule has 66 valence electrons. The number of carbonyl (C=O) groups is 1. The van der Waals surface area contributed by atoms with Crippen LogP contribution in [0.3, 0.4) is 0 Å². The second kappa shape index (κ2) is 3.02. The Kier molecular flexibility index (Phi) is 2.01. The van der Waals surface area contributed by atoms with Crippen LogP contribution in [0, 0.1) is 5.92 Å². The average molecular weight is 165 g/mol. The van der Waals surface area contributed by atoms with E-state index < -0.39 is 0 Å². The molecule has 2 atom stereocenters. The zero-order valence-electron chi connectivity index (χ0n) is 7.47. The Morgan fingerprint density at radius 1 is 1.58 bits per heavy atom. The Balaban J connectivity index is 2.15. The van der Waals surface area contributed by atoms with Crippen molar-refractivity contribution in [2.45, 2.75) is 32.2 Å². The second-order valence-electron chi connectivity index (χ2n) is 3.93. The van der Waals surface area contributed by atoms with Gasteiger partial charge >= 0.3 is 0 Å². The van der Waals surface area contributed by atoms with Crippen molar-refractivity contribution in [1.82, 2.24) is 5.32 Å². The van der Waals surface area contributed by atoms with Crippen molar-refractivity contribution in [1.29, 1.82) is 0 Å². The molecule has 1 N–H and O–H groups in total. The maximum Gasteiger partial charge on any atom is 0.155 e. The average Bonchev–Trinajstić information content (AvgIpc) is 2.03. The van der Waals surface area contributed by atoms with Crippen LogP contribution in [0.5, 0.6) is 0 Å². The van der Waals surface area contributed by atoms with Gasteiger partial charge in [0.15, 0.2) is 5.78 Å². The van der Waals surface area contributed by atoms with E-state index in [9.17, 15) is 4.79 Å². The molecular weight excluding hydrogens is 150 g/mol. The van der Waals surface area contributed by atoms with Gasteiger partial charge in [-0.25, -0.2) is 0 Å². The smallest absolute Gasteiger partial charge is 0.155 e. The number of fused-ring (bicyclic) bond motifs is 1. The monoisotopic (exact) mass is 165 g/mol. The lowest BCUT2D eigenvalue weighted by Gasteiger charge is -2.32. The van der Waals surface area contributed by atoms with Gasteiger partial charge in [0.2, 0.25) is 0 Å². The number of ketones is 1. The lowest BCUT2D eigenvalue weighted by atomic mass is 9.81. The number of allylic oxidation sites excluding steroid dienone is 1. The van der Waals surface area contributed by atoms with E-state index in [1.807, 2.05) is 6.08 Å². The van der Waals surface area contributed by atoms with Crippen LogP contribution in [0.1, 0.15) is 26.2 Å². The summed E-state index contributed by atoms with van der Waals surface area (Å²) in [5.41, 5.74) is 1.39. The van der Waals surface area contributed by atoms with Crippen molar-refractivity contribution >= 4 is 5.78 Å². The third-order valence-corrected chi connectivity index (χ3v) is 2.86. The summed E-state index contributed by atoms with van der Waals surface area (Å²) in [6.07, 6.45) is 4.76. The van der Waals surface area contributed by atoms with Crippen molar-refractivity contribution in [3.63, 3.8) is 0 Å². The topological polar surface area (TPSA) is 29.1 Å². The molecule has 1 aliphatic carbocycles. The molecule has 1 heterocycles. The summed E-state index contributed by atoms with van der Waals surface area (Å²) in [6, 6.07) is 0.554. The third-order valence-electron chi connectivity index (χ3n) is 2.86.